The van der Waals surface area contributed by atoms with Crippen molar-refractivity contribution in [3.8, 4) is 0 Å². The summed E-state index contributed by atoms with van der Waals surface area (Å²) >= 11 is 0. The van der Waals surface area contributed by atoms with E-state index in [0.717, 1.165) is 50.2 Å². The normalized spacial score (nSPS) is 30.0. The summed E-state index contributed by atoms with van der Waals surface area (Å²) < 4.78 is 26.5. The predicted molar refractivity (Wildman–Crippen MR) is 73.2 cm³/mol. The largest absolute Gasteiger partial charge is 0.395 e. The summed E-state index contributed by atoms with van der Waals surface area (Å²) in [5, 5.41) is 0. The fraction of sp³-hybridized carbons (Fsp3) is 0.600. The van der Waals surface area contributed by atoms with Crippen molar-refractivity contribution in [2.75, 3.05) is 25.6 Å². The maximum atomic E-state index is 6.29. The maximum absolute atomic E-state index is 6.29. The number of nitrogens with two attached hydrogens (primary N) is 1. The van der Waals surface area contributed by atoms with E-state index in [1.165, 1.54) is 11.1 Å². The van der Waals surface area contributed by atoms with E-state index in [2.05, 4.69) is 0 Å². The van der Waals surface area contributed by atoms with Gasteiger partial charge in [0.1, 0.15) is 0 Å². The monoisotopic (exact) mass is 291 g/mol. The third kappa shape index (κ3) is 2.14. The van der Waals surface area contributed by atoms with Crippen LogP contribution in [0.15, 0.2) is 9.15 Å². The molecule has 0 aliphatic carbocycles. The number of ether oxygens (including phenoxy) is 3. The first-order valence-corrected chi connectivity index (χ1v) is 7.45. The van der Waals surface area contributed by atoms with Crippen LogP contribution < -0.4 is 5.73 Å². The van der Waals surface area contributed by atoms with Crippen molar-refractivity contribution in [3.05, 3.63) is 16.7 Å². The van der Waals surface area contributed by atoms with Crippen LogP contribution in [0.3, 0.4) is 0 Å². The molecule has 6 nitrogen and oxygen atoms in total. The van der Waals surface area contributed by atoms with E-state index in [4.69, 9.17) is 29.1 Å². The molecule has 6 heteroatoms. The summed E-state index contributed by atoms with van der Waals surface area (Å²) in [6, 6.07) is 0. The van der Waals surface area contributed by atoms with Gasteiger partial charge in [-0.1, -0.05) is 0 Å². The van der Waals surface area contributed by atoms with E-state index < -0.39 is 0 Å². The van der Waals surface area contributed by atoms with Crippen molar-refractivity contribution in [2.24, 2.45) is 0 Å². The third-order valence-electron chi connectivity index (χ3n) is 4.49. The zero-order valence-corrected chi connectivity index (χ0v) is 11.6. The molecule has 3 saturated heterocycles. The molecule has 0 amide bonds. The van der Waals surface area contributed by atoms with Crippen LogP contribution in [0.25, 0.3) is 11.2 Å². The Morgan fingerprint density at radius 3 is 1.67 bits per heavy atom. The fourth-order valence-electron chi connectivity index (χ4n) is 3.03. The van der Waals surface area contributed by atoms with Crippen molar-refractivity contribution < 1.29 is 23.4 Å². The summed E-state index contributed by atoms with van der Waals surface area (Å²) in [7, 11) is 0. The molecule has 2 aromatic rings. The first-order valence-electron chi connectivity index (χ1n) is 7.45. The van der Waals surface area contributed by atoms with Crippen LogP contribution in [-0.2, 0) is 33.5 Å². The Morgan fingerprint density at radius 2 is 1.19 bits per heavy atom. The fourth-order valence-corrected chi connectivity index (χ4v) is 3.03. The molecule has 0 bridgehead atoms. The van der Waals surface area contributed by atoms with E-state index in [9.17, 15) is 0 Å². The maximum Gasteiger partial charge on any atom is 0.249 e. The molecule has 2 N–H and O–H groups in total. The van der Waals surface area contributed by atoms with Crippen LogP contribution >= 0.6 is 0 Å². The van der Waals surface area contributed by atoms with Crippen molar-refractivity contribution in [1.82, 2.24) is 0 Å². The molecule has 3 aliphatic heterocycles. The van der Waals surface area contributed by atoms with Crippen LogP contribution in [0.4, 0.5) is 5.69 Å². The van der Waals surface area contributed by atoms with Crippen molar-refractivity contribution >= 4 is 16.9 Å². The minimum absolute atomic E-state index is 0.287. The smallest absolute Gasteiger partial charge is 0.249 e. The van der Waals surface area contributed by atoms with Gasteiger partial charge in [0, 0.05) is 24.8 Å². The molecule has 4 heterocycles. The number of hydrogen-bond donors (Lipinski definition) is 1. The van der Waals surface area contributed by atoms with Gasteiger partial charge in [0.15, 0.2) is 0 Å². The summed E-state index contributed by atoms with van der Waals surface area (Å²) in [6.45, 7) is 2.46. The molecule has 3 unspecified atom stereocenters. The van der Waals surface area contributed by atoms with Gasteiger partial charge >= 0.3 is 0 Å². The molecule has 5 rings (SSSR count). The molecule has 3 fully saturated rings. The molecule has 3 atom stereocenters. The van der Waals surface area contributed by atoms with Crippen LogP contribution in [0, 0.1) is 0 Å². The van der Waals surface area contributed by atoms with E-state index in [1.54, 1.807) is 0 Å². The van der Waals surface area contributed by atoms with E-state index in [0.29, 0.717) is 23.5 Å². The molecule has 3 aliphatic rings. The first kappa shape index (κ1) is 12.1. The van der Waals surface area contributed by atoms with Crippen molar-refractivity contribution in [2.45, 2.75) is 37.6 Å². The van der Waals surface area contributed by atoms with Crippen LogP contribution in [0.5, 0.6) is 0 Å². The molecule has 0 saturated carbocycles. The Balaban J connectivity index is 1.63. The van der Waals surface area contributed by atoms with Gasteiger partial charge in [0.05, 0.1) is 43.8 Å². The highest BCUT2D eigenvalue weighted by Gasteiger charge is 2.35. The average molecular weight is 291 g/mol. The second kappa shape index (κ2) is 4.25. The number of hydrogen-bond acceptors (Lipinski definition) is 6. The van der Waals surface area contributed by atoms with Crippen molar-refractivity contribution in [3.63, 3.8) is 0 Å². The summed E-state index contributed by atoms with van der Waals surface area (Å²) in [5.74, 6) is 0. The molecule has 0 spiro atoms. The second-order valence-electron chi connectivity index (χ2n) is 6.15. The van der Waals surface area contributed by atoms with Crippen LogP contribution in [0.2, 0.25) is 0 Å². The zero-order chi connectivity index (χ0) is 14.0. The molecular formula is C15H17NO5. The SMILES string of the molecule is Nc1c(CC2CO2)c(CC2CO2)c(CC2CO2)c2ooc12. The lowest BCUT2D eigenvalue weighted by atomic mass is 9.89. The average Bonchev–Trinajstić information content (AvgIpc) is 3.24. The molecule has 1 aromatic carbocycles. The van der Waals surface area contributed by atoms with Gasteiger partial charge in [0.2, 0.25) is 11.2 Å². The van der Waals surface area contributed by atoms with Crippen LogP contribution in [0.1, 0.15) is 16.7 Å². The van der Waals surface area contributed by atoms with Crippen molar-refractivity contribution in [1.29, 1.82) is 0 Å². The summed E-state index contributed by atoms with van der Waals surface area (Å²) in [4.78, 5) is 0. The van der Waals surface area contributed by atoms with Gasteiger partial charge < -0.3 is 19.9 Å². The topological polar surface area (TPSA) is 89.9 Å². The standard InChI is InChI=1S/C15H17NO5/c16-13-11(2-8-5-18-8)10(1-7-4-17-7)12(3-9-6-19-9)14-15(13)21-20-14/h7-9H,1-6,16H2. The number of epoxide rings is 3. The second-order valence-corrected chi connectivity index (χ2v) is 6.15. The molecule has 21 heavy (non-hydrogen) atoms. The number of rotatable bonds is 6. The van der Waals surface area contributed by atoms with Gasteiger partial charge in [0.25, 0.3) is 0 Å². The van der Waals surface area contributed by atoms with Gasteiger partial charge in [-0.25, -0.2) is 0 Å². The number of nitrogen functional groups attached to an aromatic ring is 1. The van der Waals surface area contributed by atoms with Gasteiger partial charge in [-0.15, -0.1) is 0 Å². The zero-order valence-electron chi connectivity index (χ0n) is 11.6. The highest BCUT2D eigenvalue weighted by atomic mass is 17.0. The van der Waals surface area contributed by atoms with E-state index >= 15 is 0 Å². The summed E-state index contributed by atoms with van der Waals surface area (Å²) in [5.41, 5.74) is 12.0. The Kier molecular flexibility index (Phi) is 2.45. The van der Waals surface area contributed by atoms with Gasteiger partial charge in [-0.2, -0.15) is 0 Å². The molecular weight excluding hydrogens is 274 g/mol. The minimum Gasteiger partial charge on any atom is -0.395 e. The highest BCUT2D eigenvalue weighted by molar-refractivity contribution is 5.90. The Hall–Kier alpha value is -1.50. The quantitative estimate of drug-likeness (QED) is 0.492. The number of fused-ring (bicyclic) bond motifs is 1. The molecule has 112 valence electrons. The lowest BCUT2D eigenvalue weighted by molar-refractivity contribution is 0.0584. The van der Waals surface area contributed by atoms with Crippen LogP contribution in [-0.4, -0.2) is 38.1 Å². The Morgan fingerprint density at radius 1 is 0.714 bits per heavy atom. The predicted octanol–water partition coefficient (Wildman–Crippen LogP) is 1.43. The first-order chi connectivity index (χ1) is 10.3. The lowest BCUT2D eigenvalue weighted by Gasteiger charge is -2.18. The van der Waals surface area contributed by atoms with E-state index in [-0.39, 0.29) is 6.10 Å². The van der Waals surface area contributed by atoms with Gasteiger partial charge in [-0.3, -0.25) is 9.15 Å². The highest BCUT2D eigenvalue weighted by Crippen LogP contribution is 2.40. The van der Waals surface area contributed by atoms with Gasteiger partial charge in [-0.05, 0) is 11.1 Å². The summed E-state index contributed by atoms with van der Waals surface area (Å²) in [6.07, 6.45) is 3.46. The number of anilines is 1. The Bertz CT molecular complexity index is 691. The van der Waals surface area contributed by atoms with E-state index in [1.807, 2.05) is 0 Å². The number of benzene rings is 1. The molecule has 0 radical (unpaired) electrons. The molecule has 1 aromatic heterocycles. The third-order valence-corrected chi connectivity index (χ3v) is 4.49. The lowest BCUT2D eigenvalue weighted by Crippen LogP contribution is -2.13. The minimum atomic E-state index is 0.287. The Labute approximate surface area is 121 Å².